The van der Waals surface area contributed by atoms with Crippen LogP contribution in [0.4, 0.5) is 0 Å². The van der Waals surface area contributed by atoms with Crippen LogP contribution in [0.3, 0.4) is 0 Å². The summed E-state index contributed by atoms with van der Waals surface area (Å²) in [6, 6.07) is 19.3. The molecule has 3 atom stereocenters. The molecule has 4 aromatic rings. The summed E-state index contributed by atoms with van der Waals surface area (Å²) in [6.45, 7) is 0.646. The molecular formula is C23H23NO2. The van der Waals surface area contributed by atoms with Crippen LogP contribution in [0.5, 0.6) is 0 Å². The monoisotopic (exact) mass is 345 g/mol. The number of benzene rings is 4. The van der Waals surface area contributed by atoms with Gasteiger partial charge in [0.15, 0.2) is 0 Å². The first-order valence-corrected chi connectivity index (χ1v) is 9.47. The average molecular weight is 345 g/mol. The highest BCUT2D eigenvalue weighted by molar-refractivity contribution is 6.23. The first-order chi connectivity index (χ1) is 12.7. The lowest BCUT2D eigenvalue weighted by Crippen LogP contribution is -2.50. The second-order valence-electron chi connectivity index (χ2n) is 7.55. The Morgan fingerprint density at radius 1 is 0.769 bits per heavy atom. The quantitative estimate of drug-likeness (QED) is 0.493. The fourth-order valence-corrected chi connectivity index (χ4v) is 4.60. The van der Waals surface area contributed by atoms with Gasteiger partial charge in [-0.05, 0) is 57.1 Å². The van der Waals surface area contributed by atoms with Crippen LogP contribution in [0, 0.1) is 0 Å². The largest absolute Gasteiger partial charge is 0.391 e. The van der Waals surface area contributed by atoms with E-state index in [0.29, 0.717) is 6.54 Å². The van der Waals surface area contributed by atoms with Crippen molar-refractivity contribution < 1.29 is 10.2 Å². The molecule has 0 bridgehead atoms. The molecule has 1 aliphatic rings. The van der Waals surface area contributed by atoms with Crippen molar-refractivity contribution in [2.45, 2.75) is 44.1 Å². The van der Waals surface area contributed by atoms with Crippen LogP contribution in [-0.2, 0) is 6.54 Å². The molecule has 3 N–H and O–H groups in total. The average Bonchev–Trinajstić information content (AvgIpc) is 2.66. The van der Waals surface area contributed by atoms with Crippen LogP contribution in [0.25, 0.3) is 32.3 Å². The molecule has 0 heterocycles. The van der Waals surface area contributed by atoms with E-state index in [1.807, 2.05) is 0 Å². The molecule has 0 radical (unpaired) electrons. The minimum Gasteiger partial charge on any atom is -0.391 e. The van der Waals surface area contributed by atoms with Crippen molar-refractivity contribution in [3.63, 3.8) is 0 Å². The predicted octanol–water partition coefficient (Wildman–Crippen LogP) is 3.95. The molecule has 26 heavy (non-hydrogen) atoms. The maximum absolute atomic E-state index is 10.2. The molecule has 0 amide bonds. The lowest BCUT2D eigenvalue weighted by atomic mass is 9.89. The molecule has 3 heteroatoms. The molecule has 5 rings (SSSR count). The zero-order chi connectivity index (χ0) is 17.7. The van der Waals surface area contributed by atoms with Gasteiger partial charge in [0, 0.05) is 6.54 Å². The SMILES string of the molecule is OC1CCC[C@@H](O)C1NCc1ccc2ccc3cccc4ccc1c2c34. The third-order valence-electron chi connectivity index (χ3n) is 5.98. The minimum absolute atomic E-state index is 0.248. The number of hydrogen-bond donors (Lipinski definition) is 3. The van der Waals surface area contributed by atoms with Crippen molar-refractivity contribution in [2.75, 3.05) is 0 Å². The highest BCUT2D eigenvalue weighted by atomic mass is 16.3. The Morgan fingerprint density at radius 3 is 2.12 bits per heavy atom. The molecule has 1 fully saturated rings. The lowest BCUT2D eigenvalue weighted by molar-refractivity contribution is 0.000914. The highest BCUT2D eigenvalue weighted by Crippen LogP contribution is 2.36. The Labute approximate surface area is 152 Å². The summed E-state index contributed by atoms with van der Waals surface area (Å²) in [4.78, 5) is 0. The van der Waals surface area contributed by atoms with Crippen LogP contribution in [0.15, 0.2) is 54.6 Å². The van der Waals surface area contributed by atoms with E-state index in [9.17, 15) is 10.2 Å². The summed E-state index contributed by atoms with van der Waals surface area (Å²) in [7, 11) is 0. The molecule has 0 aliphatic heterocycles. The van der Waals surface area contributed by atoms with E-state index in [-0.39, 0.29) is 6.04 Å². The molecule has 2 unspecified atom stereocenters. The van der Waals surface area contributed by atoms with Gasteiger partial charge in [0.1, 0.15) is 0 Å². The van der Waals surface area contributed by atoms with E-state index in [1.165, 1.54) is 37.9 Å². The highest BCUT2D eigenvalue weighted by Gasteiger charge is 2.30. The Balaban J connectivity index is 1.58. The van der Waals surface area contributed by atoms with Crippen LogP contribution >= 0.6 is 0 Å². The van der Waals surface area contributed by atoms with Gasteiger partial charge in [0.25, 0.3) is 0 Å². The second-order valence-corrected chi connectivity index (χ2v) is 7.55. The summed E-state index contributed by atoms with van der Waals surface area (Å²) in [5, 5.41) is 31.5. The maximum Gasteiger partial charge on any atom is 0.0718 e. The maximum atomic E-state index is 10.2. The van der Waals surface area contributed by atoms with Gasteiger partial charge in [-0.3, -0.25) is 0 Å². The Morgan fingerprint density at radius 2 is 1.38 bits per heavy atom. The van der Waals surface area contributed by atoms with Gasteiger partial charge in [-0.15, -0.1) is 0 Å². The van der Waals surface area contributed by atoms with E-state index < -0.39 is 12.2 Å². The fraction of sp³-hybridized carbons (Fsp3) is 0.304. The van der Waals surface area contributed by atoms with Gasteiger partial charge in [-0.1, -0.05) is 54.6 Å². The van der Waals surface area contributed by atoms with Gasteiger partial charge in [0.05, 0.1) is 18.2 Å². The molecule has 1 aliphatic carbocycles. The van der Waals surface area contributed by atoms with Gasteiger partial charge < -0.3 is 15.5 Å². The van der Waals surface area contributed by atoms with Crippen LogP contribution in [-0.4, -0.2) is 28.5 Å². The first-order valence-electron chi connectivity index (χ1n) is 9.47. The zero-order valence-corrected chi connectivity index (χ0v) is 14.7. The summed E-state index contributed by atoms with van der Waals surface area (Å²) in [6.07, 6.45) is 1.46. The van der Waals surface area contributed by atoms with Crippen molar-refractivity contribution in [1.82, 2.24) is 5.32 Å². The molecular weight excluding hydrogens is 322 g/mol. The van der Waals surface area contributed by atoms with Crippen LogP contribution in [0.1, 0.15) is 24.8 Å². The van der Waals surface area contributed by atoms with Crippen LogP contribution in [0.2, 0.25) is 0 Å². The number of aliphatic hydroxyl groups excluding tert-OH is 2. The first kappa shape index (κ1) is 16.0. The molecule has 1 saturated carbocycles. The molecule has 0 saturated heterocycles. The molecule has 3 nitrogen and oxygen atoms in total. The standard InChI is InChI=1S/C23H23NO2/c25-19-5-2-6-20(26)23(19)24-13-17-10-9-16-8-7-14-3-1-4-15-11-12-18(17)22(16)21(14)15/h1,3-4,7-12,19-20,23-26H,2,5-6,13H2/t19-,20?,23?/m1/s1. The van der Waals surface area contributed by atoms with Gasteiger partial charge >= 0.3 is 0 Å². The minimum atomic E-state index is -0.474. The van der Waals surface area contributed by atoms with Gasteiger partial charge in [-0.25, -0.2) is 0 Å². The lowest BCUT2D eigenvalue weighted by Gasteiger charge is -2.33. The third-order valence-corrected chi connectivity index (χ3v) is 5.98. The number of hydrogen-bond acceptors (Lipinski definition) is 3. The smallest absolute Gasteiger partial charge is 0.0718 e. The fourth-order valence-electron chi connectivity index (χ4n) is 4.60. The van der Waals surface area contributed by atoms with Crippen molar-refractivity contribution in [3.05, 3.63) is 60.2 Å². The number of nitrogens with one attached hydrogen (secondary N) is 1. The predicted molar refractivity (Wildman–Crippen MR) is 107 cm³/mol. The third kappa shape index (κ3) is 2.47. The Hall–Kier alpha value is -2.20. The topological polar surface area (TPSA) is 52.5 Å². The van der Waals surface area contributed by atoms with E-state index in [1.54, 1.807) is 0 Å². The van der Waals surface area contributed by atoms with Crippen molar-refractivity contribution in [3.8, 4) is 0 Å². The summed E-state index contributed by atoms with van der Waals surface area (Å²) in [5.41, 5.74) is 1.21. The normalized spacial score (nSPS) is 24.0. The molecule has 132 valence electrons. The molecule has 0 spiro atoms. The van der Waals surface area contributed by atoms with Gasteiger partial charge in [-0.2, -0.15) is 0 Å². The Bertz CT molecular complexity index is 1050. The van der Waals surface area contributed by atoms with E-state index in [4.69, 9.17) is 0 Å². The molecule has 4 aromatic carbocycles. The van der Waals surface area contributed by atoms with E-state index in [0.717, 1.165) is 19.3 Å². The number of rotatable bonds is 3. The van der Waals surface area contributed by atoms with Gasteiger partial charge in [0.2, 0.25) is 0 Å². The van der Waals surface area contributed by atoms with E-state index in [2.05, 4.69) is 59.9 Å². The Kier molecular flexibility index (Phi) is 3.82. The number of aliphatic hydroxyl groups is 2. The van der Waals surface area contributed by atoms with Crippen molar-refractivity contribution in [1.29, 1.82) is 0 Å². The van der Waals surface area contributed by atoms with Crippen molar-refractivity contribution in [2.24, 2.45) is 0 Å². The van der Waals surface area contributed by atoms with Crippen molar-refractivity contribution >= 4 is 32.3 Å². The van der Waals surface area contributed by atoms with E-state index >= 15 is 0 Å². The summed E-state index contributed by atoms with van der Waals surface area (Å²) in [5.74, 6) is 0. The summed E-state index contributed by atoms with van der Waals surface area (Å²) >= 11 is 0. The summed E-state index contributed by atoms with van der Waals surface area (Å²) < 4.78 is 0. The molecule has 0 aromatic heterocycles. The zero-order valence-electron chi connectivity index (χ0n) is 14.7. The van der Waals surface area contributed by atoms with Crippen LogP contribution < -0.4 is 5.32 Å². The second kappa shape index (κ2) is 6.20.